The Hall–Kier alpha value is -2.64. The zero-order chi connectivity index (χ0) is 18.1. The molecule has 0 fully saturated rings. The van der Waals surface area contributed by atoms with Crippen LogP contribution in [0.15, 0.2) is 99.2 Å². The highest BCUT2D eigenvalue weighted by molar-refractivity contribution is 5.30. The summed E-state index contributed by atoms with van der Waals surface area (Å²) in [6.07, 6.45) is 8.82. The zero-order valence-corrected chi connectivity index (χ0v) is 14.7. The summed E-state index contributed by atoms with van der Waals surface area (Å²) in [4.78, 5) is 0. The molecule has 0 aliphatic rings. The molecule has 0 bridgehead atoms. The molecule has 0 N–H and O–H groups in total. The molecule has 0 saturated carbocycles. The van der Waals surface area contributed by atoms with Gasteiger partial charge in [-0.25, -0.2) is 0 Å². The summed E-state index contributed by atoms with van der Waals surface area (Å²) in [6.45, 7) is 15.4. The molecule has 128 valence electrons. The number of benzene rings is 2. The van der Waals surface area contributed by atoms with Crippen LogP contribution in [0.2, 0.25) is 0 Å². The Kier molecular flexibility index (Phi) is 7.18. The molecular weight excluding hydrogens is 304 g/mol. The van der Waals surface area contributed by atoms with Crippen LogP contribution in [0.1, 0.15) is 34.5 Å². The molecule has 2 unspecified atom stereocenters. The van der Waals surface area contributed by atoms with Gasteiger partial charge >= 0.3 is 0 Å². The summed E-state index contributed by atoms with van der Waals surface area (Å²) in [7, 11) is 0. The molecule has 0 saturated heterocycles. The van der Waals surface area contributed by atoms with Gasteiger partial charge in [0.25, 0.3) is 0 Å². The van der Waals surface area contributed by atoms with Gasteiger partial charge in [-0.15, -0.1) is 26.3 Å². The summed E-state index contributed by atoms with van der Waals surface area (Å²) in [5, 5.41) is 0. The van der Waals surface area contributed by atoms with Crippen LogP contribution >= 0.6 is 0 Å². The first kappa shape index (κ1) is 18.7. The minimum absolute atomic E-state index is 0.186. The molecule has 0 heterocycles. The molecule has 0 amide bonds. The van der Waals surface area contributed by atoms with Crippen molar-refractivity contribution >= 4 is 0 Å². The van der Waals surface area contributed by atoms with Crippen molar-refractivity contribution in [3.05, 3.63) is 121 Å². The second-order valence-electron chi connectivity index (χ2n) is 5.92. The smallest absolute Gasteiger partial charge is 0.102 e. The number of hydrogen-bond donors (Lipinski definition) is 0. The van der Waals surface area contributed by atoms with Crippen LogP contribution < -0.4 is 0 Å². The van der Waals surface area contributed by atoms with E-state index in [0.717, 1.165) is 24.0 Å². The summed E-state index contributed by atoms with van der Waals surface area (Å²) in [5.41, 5.74) is 4.63. The van der Waals surface area contributed by atoms with Crippen molar-refractivity contribution < 1.29 is 4.74 Å². The van der Waals surface area contributed by atoms with Crippen molar-refractivity contribution in [1.82, 2.24) is 0 Å². The van der Waals surface area contributed by atoms with E-state index in [4.69, 9.17) is 4.74 Å². The average molecular weight is 330 g/mol. The number of hydrogen-bond acceptors (Lipinski definition) is 1. The monoisotopic (exact) mass is 330 g/mol. The van der Waals surface area contributed by atoms with Gasteiger partial charge in [-0.1, -0.05) is 72.8 Å². The molecule has 0 aromatic heterocycles. The Morgan fingerprint density at radius 3 is 1.28 bits per heavy atom. The third-order valence-corrected chi connectivity index (χ3v) is 4.10. The molecule has 0 aliphatic carbocycles. The Morgan fingerprint density at radius 2 is 1.00 bits per heavy atom. The van der Waals surface area contributed by atoms with Crippen LogP contribution in [0.4, 0.5) is 0 Å². The highest BCUT2D eigenvalue weighted by atomic mass is 16.5. The van der Waals surface area contributed by atoms with E-state index in [1.807, 2.05) is 24.3 Å². The fourth-order valence-corrected chi connectivity index (χ4v) is 2.72. The molecule has 2 rings (SSSR count). The van der Waals surface area contributed by atoms with Crippen molar-refractivity contribution in [1.29, 1.82) is 0 Å². The number of allylic oxidation sites excluding steroid dienone is 2. The van der Waals surface area contributed by atoms with Gasteiger partial charge in [0.2, 0.25) is 0 Å². The van der Waals surface area contributed by atoms with Crippen LogP contribution in [0.3, 0.4) is 0 Å². The number of ether oxygens (including phenoxy) is 1. The van der Waals surface area contributed by atoms with Gasteiger partial charge < -0.3 is 4.74 Å². The van der Waals surface area contributed by atoms with E-state index in [1.165, 1.54) is 11.1 Å². The van der Waals surface area contributed by atoms with Gasteiger partial charge in [-0.2, -0.15) is 0 Å². The maximum atomic E-state index is 6.24. The van der Waals surface area contributed by atoms with Crippen LogP contribution in [-0.4, -0.2) is 0 Å². The van der Waals surface area contributed by atoms with E-state index < -0.39 is 0 Å². The predicted molar refractivity (Wildman–Crippen MR) is 108 cm³/mol. The first-order chi connectivity index (χ1) is 12.2. The van der Waals surface area contributed by atoms with E-state index in [-0.39, 0.29) is 12.2 Å². The van der Waals surface area contributed by atoms with Gasteiger partial charge in [0.15, 0.2) is 0 Å². The Morgan fingerprint density at radius 1 is 0.640 bits per heavy atom. The predicted octanol–water partition coefficient (Wildman–Crippen LogP) is 6.31. The van der Waals surface area contributed by atoms with Gasteiger partial charge in [0.05, 0.1) is 0 Å². The first-order valence-corrected chi connectivity index (χ1v) is 8.51. The molecule has 0 spiro atoms. The van der Waals surface area contributed by atoms with E-state index >= 15 is 0 Å². The number of rotatable bonds is 10. The maximum Gasteiger partial charge on any atom is 0.102 e. The first-order valence-electron chi connectivity index (χ1n) is 8.51. The third-order valence-electron chi connectivity index (χ3n) is 4.10. The summed E-state index contributed by atoms with van der Waals surface area (Å²) in [5.74, 6) is 0. The molecule has 0 aliphatic heterocycles. The van der Waals surface area contributed by atoms with E-state index in [1.54, 1.807) is 0 Å². The molecule has 0 radical (unpaired) electrons. The van der Waals surface area contributed by atoms with Crippen molar-refractivity contribution in [2.45, 2.75) is 25.0 Å². The Balaban J connectivity index is 2.14. The molecule has 25 heavy (non-hydrogen) atoms. The molecule has 2 aromatic carbocycles. The van der Waals surface area contributed by atoms with E-state index in [0.29, 0.717) is 0 Å². The van der Waals surface area contributed by atoms with Crippen molar-refractivity contribution in [2.75, 3.05) is 0 Å². The quantitative estimate of drug-likeness (QED) is 0.463. The fourth-order valence-electron chi connectivity index (χ4n) is 2.72. The largest absolute Gasteiger partial charge is 0.357 e. The van der Waals surface area contributed by atoms with Crippen molar-refractivity contribution in [3.63, 3.8) is 0 Å². The highest BCUT2D eigenvalue weighted by Gasteiger charge is 2.15. The lowest BCUT2D eigenvalue weighted by Crippen LogP contribution is -2.07. The summed E-state index contributed by atoms with van der Waals surface area (Å²) < 4.78 is 6.24. The lowest BCUT2D eigenvalue weighted by atomic mass is 10.0. The van der Waals surface area contributed by atoms with Crippen LogP contribution in [0, 0.1) is 0 Å². The van der Waals surface area contributed by atoms with Gasteiger partial charge in [0, 0.05) is 0 Å². The Bertz CT molecular complexity index is 643. The lowest BCUT2D eigenvalue weighted by molar-refractivity contribution is 0.0403. The molecule has 1 nitrogen and oxygen atoms in total. The van der Waals surface area contributed by atoms with Gasteiger partial charge in [-0.3, -0.25) is 0 Å². The van der Waals surface area contributed by atoms with Gasteiger partial charge in [-0.05, 0) is 35.1 Å². The Labute approximate surface area is 151 Å². The topological polar surface area (TPSA) is 9.23 Å². The second-order valence-corrected chi connectivity index (χ2v) is 5.92. The molecular formula is C24H26O. The fraction of sp³-hybridized carbons (Fsp3) is 0.167. The van der Waals surface area contributed by atoms with Crippen LogP contribution in [0.5, 0.6) is 0 Å². The summed E-state index contributed by atoms with van der Waals surface area (Å²) >= 11 is 0. The SMILES string of the molecule is C=CCc1ccc(C(C=C)OC(C=C)c2ccc(CC=C)cc2)cc1. The van der Waals surface area contributed by atoms with Gasteiger partial charge in [0.1, 0.15) is 12.2 Å². The molecule has 2 atom stereocenters. The van der Waals surface area contributed by atoms with Crippen molar-refractivity contribution in [3.8, 4) is 0 Å². The minimum Gasteiger partial charge on any atom is -0.357 e. The zero-order valence-electron chi connectivity index (χ0n) is 14.7. The summed E-state index contributed by atoms with van der Waals surface area (Å²) in [6, 6.07) is 16.7. The van der Waals surface area contributed by atoms with E-state index in [9.17, 15) is 0 Å². The third kappa shape index (κ3) is 5.17. The average Bonchev–Trinajstić information content (AvgIpc) is 2.65. The van der Waals surface area contributed by atoms with Crippen LogP contribution in [0.25, 0.3) is 0 Å². The van der Waals surface area contributed by atoms with E-state index in [2.05, 4.69) is 74.8 Å². The molecule has 2 aromatic rings. The standard InChI is InChI=1S/C24H26O/c1-5-9-19-11-15-21(16-12-19)23(7-3)25-24(8-4)22-17-13-20(10-6-2)14-18-22/h5-8,11-18,23-24H,1-4,9-10H2. The highest BCUT2D eigenvalue weighted by Crippen LogP contribution is 2.29. The van der Waals surface area contributed by atoms with Crippen molar-refractivity contribution in [2.24, 2.45) is 0 Å². The van der Waals surface area contributed by atoms with Crippen LogP contribution in [-0.2, 0) is 17.6 Å². The lowest BCUT2D eigenvalue weighted by Gasteiger charge is -2.21. The molecule has 1 heteroatoms. The normalized spacial score (nSPS) is 12.8. The maximum absolute atomic E-state index is 6.24. The minimum atomic E-state index is -0.186. The second kappa shape index (κ2) is 9.61.